The first kappa shape index (κ1) is 28.7. The summed E-state index contributed by atoms with van der Waals surface area (Å²) >= 11 is 3.68. The number of benzene rings is 8. The summed E-state index contributed by atoms with van der Waals surface area (Å²) in [5.41, 5.74) is 10.6. The lowest BCUT2D eigenvalue weighted by molar-refractivity contribution is 1.32. The lowest BCUT2D eigenvalue weighted by Crippen LogP contribution is -2.12. The van der Waals surface area contributed by atoms with E-state index in [0.29, 0.717) is 0 Å². The summed E-state index contributed by atoms with van der Waals surface area (Å²) in [5.74, 6) is 0. The zero-order valence-electron chi connectivity index (χ0n) is 27.4. The van der Waals surface area contributed by atoms with E-state index < -0.39 is 0 Å². The maximum atomic E-state index is 5.37. The molecular weight excluding hydrogens is 657 g/mol. The van der Waals surface area contributed by atoms with Crippen molar-refractivity contribution in [1.82, 2.24) is 4.98 Å². The Kier molecular flexibility index (Phi) is 6.32. The van der Waals surface area contributed by atoms with Crippen LogP contribution >= 0.6 is 22.7 Å². The number of hydrogen-bond donors (Lipinski definition) is 0. The minimum Gasteiger partial charge on any atom is -0.308 e. The Hall–Kier alpha value is -6.07. The van der Waals surface area contributed by atoms with Gasteiger partial charge in [0.15, 0.2) is 0 Å². The molecule has 0 amide bonds. The van der Waals surface area contributed by atoms with Gasteiger partial charge in [-0.05, 0) is 40.6 Å². The molecule has 0 saturated carbocycles. The number of thiazole rings is 1. The summed E-state index contributed by atoms with van der Waals surface area (Å²) in [4.78, 5) is 9.12. The van der Waals surface area contributed by atoms with Gasteiger partial charge in [-0.3, -0.25) is 0 Å². The molecule has 2 aromatic heterocycles. The Labute approximate surface area is 303 Å². The molecule has 0 bridgehead atoms. The Morgan fingerprint density at radius 2 is 1.08 bits per heavy atom. The SMILES string of the molecule is c1ccc(-c2ccccc2N(c2ccc3c4c(cccc24)-c2sc(-c4cccc5ccccc45)nc2-3)c2cccc3c2sc2ccccc23)cc1. The third kappa shape index (κ3) is 4.31. The van der Waals surface area contributed by atoms with Crippen molar-refractivity contribution in [2.45, 2.75) is 0 Å². The minimum absolute atomic E-state index is 1.07. The van der Waals surface area contributed by atoms with Crippen molar-refractivity contribution in [3.05, 3.63) is 170 Å². The molecular formula is C47H28N2S2. The van der Waals surface area contributed by atoms with Crippen LogP contribution in [-0.2, 0) is 0 Å². The summed E-state index contributed by atoms with van der Waals surface area (Å²) in [6, 6.07) is 61.7. The zero-order chi connectivity index (χ0) is 33.5. The molecule has 0 spiro atoms. The molecule has 2 nitrogen and oxygen atoms in total. The van der Waals surface area contributed by atoms with Crippen LogP contribution in [0.5, 0.6) is 0 Å². The van der Waals surface area contributed by atoms with Crippen molar-refractivity contribution in [1.29, 1.82) is 0 Å². The fourth-order valence-electron chi connectivity index (χ4n) is 8.01. The van der Waals surface area contributed by atoms with Gasteiger partial charge in [-0.1, -0.05) is 146 Å². The van der Waals surface area contributed by atoms with Gasteiger partial charge in [0.05, 0.1) is 32.3 Å². The highest BCUT2D eigenvalue weighted by atomic mass is 32.1. The monoisotopic (exact) mass is 684 g/mol. The third-order valence-corrected chi connectivity index (χ3v) is 12.6. The highest BCUT2D eigenvalue weighted by molar-refractivity contribution is 7.26. The fourth-order valence-corrected chi connectivity index (χ4v) is 10.4. The quantitative estimate of drug-likeness (QED) is 0.179. The summed E-state index contributed by atoms with van der Waals surface area (Å²) in [6.45, 7) is 0. The molecule has 0 saturated heterocycles. The molecule has 10 aromatic rings. The molecule has 238 valence electrons. The standard InChI is InChI=1S/C47H28N2S2/c1-2-13-30(14-3-1)32-18-6-8-24-39(32)49(41-25-12-20-34-33-19-7-9-26-42(33)50-45(34)41)40-28-27-37-43-36(40)22-11-23-38(43)46-44(37)48-47(51-46)35-21-10-16-29-15-4-5-17-31(29)35/h1-28H. The van der Waals surface area contributed by atoms with E-state index in [2.05, 4.69) is 175 Å². The van der Waals surface area contributed by atoms with Gasteiger partial charge < -0.3 is 4.90 Å². The largest absolute Gasteiger partial charge is 0.308 e. The van der Waals surface area contributed by atoms with Crippen LogP contribution < -0.4 is 4.90 Å². The number of para-hydroxylation sites is 1. The van der Waals surface area contributed by atoms with Gasteiger partial charge in [0.2, 0.25) is 0 Å². The summed E-state index contributed by atoms with van der Waals surface area (Å²) in [7, 11) is 0. The van der Waals surface area contributed by atoms with Crippen LogP contribution in [0.1, 0.15) is 0 Å². The molecule has 11 rings (SSSR count). The number of hydrogen-bond acceptors (Lipinski definition) is 4. The summed E-state index contributed by atoms with van der Waals surface area (Å²) in [5, 5.41) is 8.63. The molecule has 51 heavy (non-hydrogen) atoms. The molecule has 0 aliphatic heterocycles. The molecule has 4 heteroatoms. The van der Waals surface area contributed by atoms with E-state index in [0.717, 1.165) is 22.1 Å². The van der Waals surface area contributed by atoms with Crippen LogP contribution in [0.4, 0.5) is 17.1 Å². The van der Waals surface area contributed by atoms with Gasteiger partial charge in [0, 0.05) is 48.5 Å². The summed E-state index contributed by atoms with van der Waals surface area (Å²) in [6.07, 6.45) is 0. The van der Waals surface area contributed by atoms with Gasteiger partial charge in [0.25, 0.3) is 0 Å². The average molecular weight is 685 g/mol. The average Bonchev–Trinajstić information content (AvgIpc) is 3.89. The molecule has 1 aliphatic rings. The molecule has 0 fully saturated rings. The maximum absolute atomic E-state index is 5.37. The highest BCUT2D eigenvalue weighted by Crippen LogP contribution is 2.55. The molecule has 8 aromatic carbocycles. The molecule has 2 heterocycles. The fraction of sp³-hybridized carbons (Fsp3) is 0. The second-order valence-corrected chi connectivity index (χ2v) is 15.1. The van der Waals surface area contributed by atoms with Gasteiger partial charge in [-0.15, -0.1) is 22.7 Å². The smallest absolute Gasteiger partial charge is 0.125 e. The van der Waals surface area contributed by atoms with Crippen molar-refractivity contribution in [3.8, 4) is 43.4 Å². The van der Waals surface area contributed by atoms with Crippen LogP contribution in [-0.4, -0.2) is 4.98 Å². The van der Waals surface area contributed by atoms with Crippen LogP contribution in [0.15, 0.2) is 170 Å². The van der Waals surface area contributed by atoms with Gasteiger partial charge >= 0.3 is 0 Å². The van der Waals surface area contributed by atoms with Crippen LogP contribution in [0.3, 0.4) is 0 Å². The topological polar surface area (TPSA) is 16.1 Å². The maximum Gasteiger partial charge on any atom is 0.125 e. The van der Waals surface area contributed by atoms with Crippen molar-refractivity contribution >= 4 is 81.5 Å². The van der Waals surface area contributed by atoms with Crippen LogP contribution in [0, 0.1) is 0 Å². The molecule has 1 aliphatic carbocycles. The van der Waals surface area contributed by atoms with Gasteiger partial charge in [0.1, 0.15) is 5.01 Å². The minimum atomic E-state index is 1.07. The molecule has 0 unspecified atom stereocenters. The Balaban J connectivity index is 1.16. The van der Waals surface area contributed by atoms with Crippen molar-refractivity contribution in [2.24, 2.45) is 0 Å². The predicted molar refractivity (Wildman–Crippen MR) is 220 cm³/mol. The highest BCUT2D eigenvalue weighted by Gasteiger charge is 2.30. The second kappa shape index (κ2) is 11.2. The third-order valence-electron chi connectivity index (χ3n) is 10.3. The number of thiophene rings is 1. The van der Waals surface area contributed by atoms with E-state index >= 15 is 0 Å². The first-order chi connectivity index (χ1) is 25.3. The Morgan fingerprint density at radius 1 is 0.412 bits per heavy atom. The number of anilines is 3. The zero-order valence-corrected chi connectivity index (χ0v) is 29.0. The first-order valence-corrected chi connectivity index (χ1v) is 18.9. The second-order valence-electron chi connectivity index (χ2n) is 13.1. The van der Waals surface area contributed by atoms with Crippen LogP contribution in [0.25, 0.3) is 85.1 Å². The first-order valence-electron chi connectivity index (χ1n) is 17.2. The van der Waals surface area contributed by atoms with E-state index in [1.165, 1.54) is 80.1 Å². The van der Waals surface area contributed by atoms with E-state index in [1.54, 1.807) is 0 Å². The number of fused-ring (bicyclic) bond motifs is 7. The molecule has 0 atom stereocenters. The lowest BCUT2D eigenvalue weighted by atomic mass is 9.98. The van der Waals surface area contributed by atoms with Crippen molar-refractivity contribution in [2.75, 3.05) is 4.90 Å². The van der Waals surface area contributed by atoms with Crippen molar-refractivity contribution in [3.63, 3.8) is 0 Å². The molecule has 0 N–H and O–H groups in total. The Bertz CT molecular complexity index is 2960. The van der Waals surface area contributed by atoms with Gasteiger partial charge in [-0.25, -0.2) is 4.98 Å². The van der Waals surface area contributed by atoms with Crippen LogP contribution in [0.2, 0.25) is 0 Å². The lowest BCUT2D eigenvalue weighted by Gasteiger charge is -2.29. The van der Waals surface area contributed by atoms with E-state index in [-0.39, 0.29) is 0 Å². The normalized spacial score (nSPS) is 11.9. The summed E-state index contributed by atoms with van der Waals surface area (Å²) < 4.78 is 2.58. The van der Waals surface area contributed by atoms with Gasteiger partial charge in [-0.2, -0.15) is 0 Å². The van der Waals surface area contributed by atoms with E-state index in [1.807, 2.05) is 22.7 Å². The van der Waals surface area contributed by atoms with E-state index in [9.17, 15) is 0 Å². The number of aromatic nitrogens is 1. The number of rotatable bonds is 5. The Morgan fingerprint density at radius 3 is 2.02 bits per heavy atom. The predicted octanol–water partition coefficient (Wildman–Crippen LogP) is 14.3. The van der Waals surface area contributed by atoms with E-state index in [4.69, 9.17) is 4.98 Å². The van der Waals surface area contributed by atoms with Crippen molar-refractivity contribution < 1.29 is 0 Å². The number of nitrogens with zero attached hydrogens (tertiary/aromatic N) is 2. The molecule has 0 radical (unpaired) electrons.